The van der Waals surface area contributed by atoms with Crippen molar-refractivity contribution in [2.24, 2.45) is 0 Å². The zero-order valence-corrected chi connectivity index (χ0v) is 11.9. The van der Waals surface area contributed by atoms with Crippen LogP contribution in [0.15, 0.2) is 23.1 Å². The fraction of sp³-hybridized carbons (Fsp3) is 0.455. The van der Waals surface area contributed by atoms with E-state index in [4.69, 9.17) is 11.6 Å². The fourth-order valence-corrected chi connectivity index (χ4v) is 2.61. The molecule has 2 N–H and O–H groups in total. The van der Waals surface area contributed by atoms with E-state index in [1.807, 2.05) is 11.6 Å². The lowest BCUT2D eigenvalue weighted by atomic mass is 10.2. The predicted octanol–water partition coefficient (Wildman–Crippen LogP) is 1.99. The Kier molecular flexibility index (Phi) is 6.12. The van der Waals surface area contributed by atoms with Gasteiger partial charge < -0.3 is 5.32 Å². The quantitative estimate of drug-likeness (QED) is 0.809. The van der Waals surface area contributed by atoms with Crippen molar-refractivity contribution >= 4 is 21.6 Å². The molecule has 0 aromatic heterocycles. The van der Waals surface area contributed by atoms with Crippen LogP contribution in [0.4, 0.5) is 8.78 Å². The highest BCUT2D eigenvalue weighted by Crippen LogP contribution is 2.20. The lowest BCUT2D eigenvalue weighted by Crippen LogP contribution is -2.28. The van der Waals surface area contributed by atoms with E-state index >= 15 is 0 Å². The molecule has 0 radical (unpaired) electrons. The van der Waals surface area contributed by atoms with Crippen molar-refractivity contribution in [3.63, 3.8) is 0 Å². The molecule has 0 aliphatic heterocycles. The van der Waals surface area contributed by atoms with Crippen LogP contribution in [0.3, 0.4) is 0 Å². The summed E-state index contributed by atoms with van der Waals surface area (Å²) in [5.41, 5.74) is 0.600. The Hall–Kier alpha value is -0.760. The van der Waals surface area contributed by atoms with Gasteiger partial charge in [-0.2, -0.15) is 0 Å². The largest absolute Gasteiger partial charge is 0.313 e. The Labute approximate surface area is 116 Å². The molecule has 8 heteroatoms. The van der Waals surface area contributed by atoms with Crippen molar-refractivity contribution in [1.29, 1.82) is 0 Å². The highest BCUT2D eigenvalue weighted by molar-refractivity contribution is 7.89. The third kappa shape index (κ3) is 5.02. The Balaban J connectivity index is 2.94. The van der Waals surface area contributed by atoms with Gasteiger partial charge in [0, 0.05) is 11.6 Å². The van der Waals surface area contributed by atoms with E-state index in [0.717, 1.165) is 0 Å². The Morgan fingerprint density at radius 1 is 1.37 bits per heavy atom. The first kappa shape index (κ1) is 16.3. The normalized spacial score (nSPS) is 12.1. The van der Waals surface area contributed by atoms with Gasteiger partial charge in [0.15, 0.2) is 0 Å². The summed E-state index contributed by atoms with van der Waals surface area (Å²) in [6.45, 7) is 2.11. The van der Waals surface area contributed by atoms with Gasteiger partial charge in [-0.25, -0.2) is 21.9 Å². The summed E-state index contributed by atoms with van der Waals surface area (Å²) in [4.78, 5) is -0.0783. The molecular weight excluding hydrogens is 298 g/mol. The number of benzene rings is 1. The molecule has 0 saturated carbocycles. The van der Waals surface area contributed by atoms with E-state index in [9.17, 15) is 17.2 Å². The molecule has 0 aliphatic rings. The van der Waals surface area contributed by atoms with Crippen molar-refractivity contribution in [1.82, 2.24) is 10.0 Å². The highest BCUT2D eigenvalue weighted by Gasteiger charge is 2.17. The maximum atomic E-state index is 12.0. The first-order valence-electron chi connectivity index (χ1n) is 5.63. The molecule has 0 aliphatic carbocycles. The minimum Gasteiger partial charge on any atom is -0.313 e. The summed E-state index contributed by atoms with van der Waals surface area (Å²) in [7, 11) is -3.94. The number of hydrogen-bond acceptors (Lipinski definition) is 3. The average Bonchev–Trinajstić information content (AvgIpc) is 2.35. The molecule has 1 rings (SSSR count). The second kappa shape index (κ2) is 7.14. The molecule has 1 aromatic carbocycles. The Morgan fingerprint density at radius 3 is 2.63 bits per heavy atom. The molecule has 0 saturated heterocycles. The Morgan fingerprint density at radius 2 is 2.05 bits per heavy atom. The van der Waals surface area contributed by atoms with Gasteiger partial charge in [0.2, 0.25) is 10.0 Å². The zero-order valence-electron chi connectivity index (χ0n) is 10.3. The number of alkyl halides is 2. The van der Waals surface area contributed by atoms with E-state index in [2.05, 4.69) is 5.32 Å². The third-order valence-electron chi connectivity index (χ3n) is 2.32. The average molecular weight is 313 g/mol. The van der Waals surface area contributed by atoms with Gasteiger partial charge in [0.1, 0.15) is 0 Å². The van der Waals surface area contributed by atoms with Gasteiger partial charge in [-0.05, 0) is 30.3 Å². The van der Waals surface area contributed by atoms with Crippen molar-refractivity contribution in [2.75, 3.05) is 13.1 Å². The zero-order chi connectivity index (χ0) is 14.5. The molecule has 0 unspecified atom stereocenters. The molecule has 1 aromatic rings. The monoisotopic (exact) mass is 312 g/mol. The van der Waals surface area contributed by atoms with Crippen LogP contribution in [0.5, 0.6) is 0 Å². The van der Waals surface area contributed by atoms with Gasteiger partial charge in [-0.3, -0.25) is 0 Å². The molecular formula is C11H15ClF2N2O2S. The van der Waals surface area contributed by atoms with Crippen molar-refractivity contribution < 1.29 is 17.2 Å². The summed E-state index contributed by atoms with van der Waals surface area (Å²) in [6, 6.07) is 4.09. The second-order valence-corrected chi connectivity index (χ2v) is 5.95. The van der Waals surface area contributed by atoms with Gasteiger partial charge in [-0.1, -0.05) is 18.5 Å². The van der Waals surface area contributed by atoms with Crippen LogP contribution in [0.2, 0.25) is 5.02 Å². The molecule has 0 heterocycles. The standard InChI is InChI=1S/C11H15ClF2N2O2S/c1-2-15-6-8-5-9(3-4-10(8)12)19(17,18)16-7-11(13)14/h3-5,11,15-16H,2,6-7H2,1H3. The fourth-order valence-electron chi connectivity index (χ4n) is 1.37. The number of rotatable bonds is 7. The number of halogens is 3. The molecule has 4 nitrogen and oxygen atoms in total. The second-order valence-electron chi connectivity index (χ2n) is 3.78. The van der Waals surface area contributed by atoms with E-state index < -0.39 is 23.0 Å². The highest BCUT2D eigenvalue weighted by atomic mass is 35.5. The first-order chi connectivity index (χ1) is 8.86. The molecule has 0 bridgehead atoms. The number of nitrogens with one attached hydrogen (secondary N) is 2. The SMILES string of the molecule is CCNCc1cc(S(=O)(=O)NCC(F)F)ccc1Cl. The van der Waals surface area contributed by atoms with Crippen LogP contribution in [0.1, 0.15) is 12.5 Å². The van der Waals surface area contributed by atoms with Crippen LogP contribution >= 0.6 is 11.6 Å². The van der Waals surface area contributed by atoms with Gasteiger partial charge in [0.25, 0.3) is 6.43 Å². The van der Waals surface area contributed by atoms with Crippen molar-refractivity contribution in [2.45, 2.75) is 24.8 Å². The Bertz CT molecular complexity index is 523. The lowest BCUT2D eigenvalue weighted by Gasteiger charge is -2.10. The minimum atomic E-state index is -3.94. The predicted molar refractivity (Wildman–Crippen MR) is 70.0 cm³/mol. The van der Waals surface area contributed by atoms with Crippen molar-refractivity contribution in [3.05, 3.63) is 28.8 Å². The van der Waals surface area contributed by atoms with E-state index in [-0.39, 0.29) is 4.90 Å². The maximum Gasteiger partial charge on any atom is 0.251 e. The summed E-state index contributed by atoms with van der Waals surface area (Å²) in [5, 5.41) is 3.44. The molecule has 0 amide bonds. The van der Waals surface area contributed by atoms with E-state index in [1.165, 1.54) is 18.2 Å². The summed E-state index contributed by atoms with van der Waals surface area (Å²) in [5.74, 6) is 0. The lowest BCUT2D eigenvalue weighted by molar-refractivity contribution is 0.153. The van der Waals surface area contributed by atoms with Crippen molar-refractivity contribution in [3.8, 4) is 0 Å². The first-order valence-corrected chi connectivity index (χ1v) is 7.50. The summed E-state index contributed by atoms with van der Waals surface area (Å²) < 4.78 is 49.4. The number of hydrogen-bond donors (Lipinski definition) is 2. The van der Waals surface area contributed by atoms with Crippen LogP contribution in [0.25, 0.3) is 0 Å². The summed E-state index contributed by atoms with van der Waals surface area (Å²) in [6.07, 6.45) is -2.73. The molecule has 19 heavy (non-hydrogen) atoms. The van der Waals surface area contributed by atoms with Gasteiger partial charge in [-0.15, -0.1) is 0 Å². The third-order valence-corrected chi connectivity index (χ3v) is 4.11. The van der Waals surface area contributed by atoms with E-state index in [1.54, 1.807) is 0 Å². The smallest absolute Gasteiger partial charge is 0.251 e. The van der Waals surface area contributed by atoms with Crippen LogP contribution in [0, 0.1) is 0 Å². The maximum absolute atomic E-state index is 12.0. The molecule has 108 valence electrons. The molecule has 0 atom stereocenters. The van der Waals surface area contributed by atoms with Crippen LogP contribution < -0.4 is 10.0 Å². The van der Waals surface area contributed by atoms with Crippen LogP contribution in [-0.4, -0.2) is 27.9 Å². The van der Waals surface area contributed by atoms with Gasteiger partial charge >= 0.3 is 0 Å². The summed E-state index contributed by atoms with van der Waals surface area (Å²) >= 11 is 5.93. The van der Waals surface area contributed by atoms with Gasteiger partial charge in [0.05, 0.1) is 11.4 Å². The van der Waals surface area contributed by atoms with E-state index in [0.29, 0.717) is 23.7 Å². The van der Waals surface area contributed by atoms with Crippen LogP contribution in [-0.2, 0) is 16.6 Å². The minimum absolute atomic E-state index is 0.0783. The topological polar surface area (TPSA) is 58.2 Å². The molecule has 0 spiro atoms. The molecule has 0 fully saturated rings. The number of sulfonamides is 1.